The standard InChI is InChI=1S/C7H12BrClO2/c1-5(2)4-11-7(10)6(9)3-8/h5-6H,3-4H2,1-2H3. The van der Waals surface area contributed by atoms with Gasteiger partial charge in [-0.25, -0.2) is 0 Å². The van der Waals surface area contributed by atoms with Gasteiger partial charge >= 0.3 is 5.97 Å². The molecule has 0 saturated carbocycles. The molecule has 0 aliphatic carbocycles. The number of hydrogen-bond donors (Lipinski definition) is 0. The zero-order chi connectivity index (χ0) is 8.85. The highest BCUT2D eigenvalue weighted by molar-refractivity contribution is 9.09. The summed E-state index contributed by atoms with van der Waals surface area (Å²) in [6.07, 6.45) is 0. The first-order valence-electron chi connectivity index (χ1n) is 3.44. The maximum atomic E-state index is 10.9. The Morgan fingerprint density at radius 1 is 1.64 bits per heavy atom. The Balaban J connectivity index is 3.52. The predicted octanol–water partition coefficient (Wildman–Crippen LogP) is 2.19. The summed E-state index contributed by atoms with van der Waals surface area (Å²) in [7, 11) is 0. The van der Waals surface area contributed by atoms with Crippen LogP contribution in [0.15, 0.2) is 0 Å². The molecule has 0 aliphatic heterocycles. The van der Waals surface area contributed by atoms with Crippen LogP contribution in [0.3, 0.4) is 0 Å². The first-order valence-corrected chi connectivity index (χ1v) is 5.00. The van der Waals surface area contributed by atoms with E-state index in [1.54, 1.807) is 0 Å². The number of ether oxygens (including phenoxy) is 1. The summed E-state index contributed by atoms with van der Waals surface area (Å²) in [4.78, 5) is 10.9. The van der Waals surface area contributed by atoms with Crippen molar-refractivity contribution >= 4 is 33.5 Å². The molecule has 11 heavy (non-hydrogen) atoms. The third-order valence-electron chi connectivity index (χ3n) is 0.950. The van der Waals surface area contributed by atoms with Crippen LogP contribution in [0.2, 0.25) is 0 Å². The van der Waals surface area contributed by atoms with E-state index in [2.05, 4.69) is 15.9 Å². The fraction of sp³-hybridized carbons (Fsp3) is 0.857. The van der Waals surface area contributed by atoms with Crippen molar-refractivity contribution in [3.05, 3.63) is 0 Å². The van der Waals surface area contributed by atoms with Crippen LogP contribution in [0.5, 0.6) is 0 Å². The molecule has 2 nitrogen and oxygen atoms in total. The summed E-state index contributed by atoms with van der Waals surface area (Å²) >= 11 is 8.67. The van der Waals surface area contributed by atoms with Gasteiger partial charge in [-0.1, -0.05) is 29.8 Å². The second kappa shape index (κ2) is 5.84. The van der Waals surface area contributed by atoms with E-state index in [1.165, 1.54) is 0 Å². The summed E-state index contributed by atoms with van der Waals surface area (Å²) < 4.78 is 4.86. The van der Waals surface area contributed by atoms with E-state index in [4.69, 9.17) is 16.3 Å². The van der Waals surface area contributed by atoms with Crippen LogP contribution < -0.4 is 0 Å². The Hall–Kier alpha value is 0.240. The fourth-order valence-corrected chi connectivity index (χ4v) is 0.730. The normalized spacial score (nSPS) is 13.2. The van der Waals surface area contributed by atoms with Crippen molar-refractivity contribution < 1.29 is 9.53 Å². The summed E-state index contributed by atoms with van der Waals surface area (Å²) in [6.45, 7) is 4.39. The lowest BCUT2D eigenvalue weighted by molar-refractivity contribution is -0.143. The average molecular weight is 244 g/mol. The minimum absolute atomic E-state index is 0.350. The van der Waals surface area contributed by atoms with Gasteiger partial charge in [-0.3, -0.25) is 4.79 Å². The van der Waals surface area contributed by atoms with Gasteiger partial charge in [-0.05, 0) is 5.92 Å². The molecule has 0 aromatic heterocycles. The molecule has 0 heterocycles. The Bertz CT molecular complexity index is 128. The molecule has 0 amide bonds. The van der Waals surface area contributed by atoms with Gasteiger partial charge in [0.15, 0.2) is 0 Å². The van der Waals surface area contributed by atoms with Gasteiger partial charge in [0.2, 0.25) is 0 Å². The lowest BCUT2D eigenvalue weighted by Crippen LogP contribution is -2.21. The van der Waals surface area contributed by atoms with Crippen LogP contribution in [-0.2, 0) is 9.53 Å². The molecule has 0 fully saturated rings. The minimum Gasteiger partial charge on any atom is -0.464 e. The highest BCUT2D eigenvalue weighted by Gasteiger charge is 2.14. The first-order chi connectivity index (χ1) is 5.07. The maximum Gasteiger partial charge on any atom is 0.324 e. The van der Waals surface area contributed by atoms with Gasteiger partial charge in [-0.2, -0.15) is 0 Å². The smallest absolute Gasteiger partial charge is 0.324 e. The SMILES string of the molecule is CC(C)COC(=O)C(Cl)CBr. The maximum absolute atomic E-state index is 10.9. The number of hydrogen-bond acceptors (Lipinski definition) is 2. The Morgan fingerprint density at radius 3 is 2.55 bits per heavy atom. The Morgan fingerprint density at radius 2 is 2.18 bits per heavy atom. The lowest BCUT2D eigenvalue weighted by atomic mass is 10.2. The molecule has 0 saturated heterocycles. The zero-order valence-electron chi connectivity index (χ0n) is 6.64. The molecule has 0 aliphatic rings. The summed E-state index contributed by atoms with van der Waals surface area (Å²) in [5.74, 6) is 0.00961. The molecule has 1 unspecified atom stereocenters. The summed E-state index contributed by atoms with van der Waals surface area (Å²) in [5, 5.41) is -0.125. The number of carbonyl (C=O) groups is 1. The van der Waals surface area contributed by atoms with E-state index in [0.29, 0.717) is 17.9 Å². The van der Waals surface area contributed by atoms with Crippen molar-refractivity contribution in [3.63, 3.8) is 0 Å². The third kappa shape index (κ3) is 5.50. The molecular formula is C7H12BrClO2. The molecule has 0 bridgehead atoms. The van der Waals surface area contributed by atoms with E-state index in [9.17, 15) is 4.79 Å². The molecule has 1 atom stereocenters. The zero-order valence-corrected chi connectivity index (χ0v) is 8.98. The van der Waals surface area contributed by atoms with Gasteiger partial charge in [0.05, 0.1) is 6.61 Å². The quantitative estimate of drug-likeness (QED) is 0.559. The molecule has 66 valence electrons. The molecule has 0 rings (SSSR count). The van der Waals surface area contributed by atoms with Crippen LogP contribution in [0.4, 0.5) is 0 Å². The van der Waals surface area contributed by atoms with Gasteiger partial charge in [0, 0.05) is 5.33 Å². The highest BCUT2D eigenvalue weighted by Crippen LogP contribution is 2.04. The topological polar surface area (TPSA) is 26.3 Å². The monoisotopic (exact) mass is 242 g/mol. The molecule has 0 radical (unpaired) electrons. The van der Waals surface area contributed by atoms with E-state index in [-0.39, 0.29) is 5.97 Å². The van der Waals surface area contributed by atoms with Gasteiger partial charge < -0.3 is 4.74 Å². The van der Waals surface area contributed by atoms with Gasteiger partial charge in [0.25, 0.3) is 0 Å². The Kier molecular flexibility index (Phi) is 5.96. The molecule has 4 heteroatoms. The van der Waals surface area contributed by atoms with Crippen LogP contribution in [0.25, 0.3) is 0 Å². The van der Waals surface area contributed by atoms with E-state index in [1.807, 2.05) is 13.8 Å². The number of carbonyl (C=O) groups excluding carboxylic acids is 1. The van der Waals surface area contributed by atoms with E-state index in [0.717, 1.165) is 0 Å². The molecule has 0 N–H and O–H groups in total. The van der Waals surface area contributed by atoms with Crippen LogP contribution in [-0.4, -0.2) is 23.3 Å². The van der Waals surface area contributed by atoms with E-state index >= 15 is 0 Å². The molecule has 0 aromatic rings. The predicted molar refractivity (Wildman–Crippen MR) is 49.2 cm³/mol. The largest absolute Gasteiger partial charge is 0.464 e. The van der Waals surface area contributed by atoms with Crippen molar-refractivity contribution in [2.45, 2.75) is 19.2 Å². The first kappa shape index (κ1) is 11.2. The van der Waals surface area contributed by atoms with Gasteiger partial charge in [0.1, 0.15) is 5.38 Å². The van der Waals surface area contributed by atoms with Crippen molar-refractivity contribution in [2.75, 3.05) is 11.9 Å². The van der Waals surface area contributed by atoms with Crippen molar-refractivity contribution in [1.29, 1.82) is 0 Å². The van der Waals surface area contributed by atoms with Crippen molar-refractivity contribution in [2.24, 2.45) is 5.92 Å². The van der Waals surface area contributed by atoms with Crippen LogP contribution in [0.1, 0.15) is 13.8 Å². The minimum atomic E-state index is -0.561. The van der Waals surface area contributed by atoms with Crippen molar-refractivity contribution in [1.82, 2.24) is 0 Å². The molecule has 0 aromatic carbocycles. The number of halogens is 2. The van der Waals surface area contributed by atoms with Gasteiger partial charge in [-0.15, -0.1) is 11.6 Å². The highest BCUT2D eigenvalue weighted by atomic mass is 79.9. The van der Waals surface area contributed by atoms with Crippen LogP contribution >= 0.6 is 27.5 Å². The average Bonchev–Trinajstić information content (AvgIpc) is 1.98. The number of esters is 1. The molecule has 0 spiro atoms. The summed E-state index contributed by atoms with van der Waals surface area (Å²) in [6, 6.07) is 0. The van der Waals surface area contributed by atoms with Crippen molar-refractivity contribution in [3.8, 4) is 0 Å². The Labute approximate surface area is 80.4 Å². The second-order valence-corrected chi connectivity index (χ2v) is 3.82. The summed E-state index contributed by atoms with van der Waals surface area (Å²) in [5.41, 5.74) is 0. The second-order valence-electron chi connectivity index (χ2n) is 2.65. The number of alkyl halides is 2. The number of rotatable bonds is 4. The fourth-order valence-electron chi connectivity index (χ4n) is 0.402. The molecular weight excluding hydrogens is 231 g/mol. The lowest BCUT2D eigenvalue weighted by Gasteiger charge is -2.08. The third-order valence-corrected chi connectivity index (χ3v) is 2.30. The van der Waals surface area contributed by atoms with E-state index < -0.39 is 5.38 Å². The van der Waals surface area contributed by atoms with Crippen LogP contribution in [0, 0.1) is 5.92 Å².